The summed E-state index contributed by atoms with van der Waals surface area (Å²) >= 11 is 0. The van der Waals surface area contributed by atoms with Crippen molar-refractivity contribution in [1.82, 2.24) is 9.97 Å². The van der Waals surface area contributed by atoms with E-state index in [9.17, 15) is 0 Å². The highest BCUT2D eigenvalue weighted by Gasteiger charge is 2.24. The van der Waals surface area contributed by atoms with Gasteiger partial charge >= 0.3 is 0 Å². The summed E-state index contributed by atoms with van der Waals surface area (Å²) in [6.45, 7) is 0.792. The second-order valence-corrected chi connectivity index (χ2v) is 6.93. The molecule has 0 spiro atoms. The molecule has 1 aliphatic heterocycles. The van der Waals surface area contributed by atoms with Crippen LogP contribution in [0.5, 0.6) is 11.5 Å². The highest BCUT2D eigenvalue weighted by Crippen LogP contribution is 2.31. The van der Waals surface area contributed by atoms with E-state index in [4.69, 9.17) is 9.47 Å². The van der Waals surface area contributed by atoms with Gasteiger partial charge in [0.25, 0.3) is 0 Å². The van der Waals surface area contributed by atoms with Crippen LogP contribution in [-0.2, 0) is 4.74 Å². The SMILES string of the molecule is c1ccc(Oc2ccc(Nc3cc(Nc4cccc([C@H]5CO5)c4)ncn3)cc2)cc1. The molecule has 0 bridgehead atoms. The number of epoxide rings is 1. The molecule has 0 amide bonds. The highest BCUT2D eigenvalue weighted by molar-refractivity contribution is 5.63. The van der Waals surface area contributed by atoms with E-state index in [2.05, 4.69) is 32.7 Å². The predicted octanol–water partition coefficient (Wildman–Crippen LogP) is 5.83. The fourth-order valence-corrected chi connectivity index (χ4v) is 3.08. The zero-order valence-electron chi connectivity index (χ0n) is 16.2. The zero-order valence-corrected chi connectivity index (χ0v) is 16.2. The maximum atomic E-state index is 5.83. The Balaban J connectivity index is 1.25. The Morgan fingerprint density at radius 2 is 1.43 bits per heavy atom. The molecule has 2 N–H and O–H groups in total. The molecule has 148 valence electrons. The van der Waals surface area contributed by atoms with Gasteiger partial charge in [-0.3, -0.25) is 0 Å². The first-order valence-corrected chi connectivity index (χ1v) is 9.72. The largest absolute Gasteiger partial charge is 0.457 e. The molecule has 0 radical (unpaired) electrons. The number of ether oxygens (including phenoxy) is 2. The number of para-hydroxylation sites is 1. The average molecular weight is 396 g/mol. The quantitative estimate of drug-likeness (QED) is 0.383. The second kappa shape index (κ2) is 8.23. The third kappa shape index (κ3) is 4.56. The molecule has 6 nitrogen and oxygen atoms in total. The van der Waals surface area contributed by atoms with Crippen molar-refractivity contribution in [3.8, 4) is 11.5 Å². The summed E-state index contributed by atoms with van der Waals surface area (Å²) in [5, 5.41) is 6.62. The highest BCUT2D eigenvalue weighted by atomic mass is 16.6. The van der Waals surface area contributed by atoms with Gasteiger partial charge < -0.3 is 20.1 Å². The maximum Gasteiger partial charge on any atom is 0.135 e. The number of rotatable bonds is 7. The standard InChI is InChI=1S/C24H20N4O2/c1-2-7-20(8-3-1)30-21-11-9-18(10-12-21)27-23-14-24(26-16-25-23)28-19-6-4-5-17(13-19)22-15-29-22/h1-14,16,22H,15H2,(H2,25,26,27,28)/t22-/m1/s1. The summed E-state index contributed by atoms with van der Waals surface area (Å²) in [7, 11) is 0. The summed E-state index contributed by atoms with van der Waals surface area (Å²) in [5.41, 5.74) is 3.05. The van der Waals surface area contributed by atoms with Crippen LogP contribution < -0.4 is 15.4 Å². The summed E-state index contributed by atoms with van der Waals surface area (Å²) in [6, 6.07) is 27.5. The normalized spacial score (nSPS) is 14.7. The molecule has 1 fully saturated rings. The Morgan fingerprint density at radius 3 is 2.17 bits per heavy atom. The van der Waals surface area contributed by atoms with E-state index < -0.39 is 0 Å². The lowest BCUT2D eigenvalue weighted by Crippen LogP contribution is -1.99. The molecule has 1 saturated heterocycles. The molecule has 0 unspecified atom stereocenters. The van der Waals surface area contributed by atoms with Gasteiger partial charge in [0.05, 0.1) is 6.61 Å². The monoisotopic (exact) mass is 396 g/mol. The van der Waals surface area contributed by atoms with E-state index >= 15 is 0 Å². The van der Waals surface area contributed by atoms with Crippen LogP contribution in [0.2, 0.25) is 0 Å². The molecular weight excluding hydrogens is 376 g/mol. The van der Waals surface area contributed by atoms with Crippen LogP contribution in [-0.4, -0.2) is 16.6 Å². The first-order valence-electron chi connectivity index (χ1n) is 9.72. The minimum Gasteiger partial charge on any atom is -0.457 e. The zero-order chi connectivity index (χ0) is 20.2. The Kier molecular flexibility index (Phi) is 4.98. The Hall–Kier alpha value is -3.90. The molecule has 6 heteroatoms. The topological polar surface area (TPSA) is 71.6 Å². The summed E-state index contributed by atoms with van der Waals surface area (Å²) in [6.07, 6.45) is 1.76. The van der Waals surface area contributed by atoms with Crippen molar-refractivity contribution in [2.24, 2.45) is 0 Å². The van der Waals surface area contributed by atoms with Crippen molar-refractivity contribution >= 4 is 23.0 Å². The van der Waals surface area contributed by atoms with Crippen molar-refractivity contribution in [2.45, 2.75) is 6.10 Å². The maximum absolute atomic E-state index is 5.83. The number of aromatic nitrogens is 2. The van der Waals surface area contributed by atoms with E-state index in [1.54, 1.807) is 0 Å². The fraction of sp³-hybridized carbons (Fsp3) is 0.0833. The second-order valence-electron chi connectivity index (χ2n) is 6.93. The number of nitrogens with zero attached hydrogens (tertiary/aromatic N) is 2. The van der Waals surface area contributed by atoms with Gasteiger partial charge in [0, 0.05) is 17.4 Å². The molecule has 1 atom stereocenters. The average Bonchev–Trinajstić information content (AvgIpc) is 3.62. The third-order valence-electron chi connectivity index (χ3n) is 4.64. The van der Waals surface area contributed by atoms with Gasteiger partial charge in [-0.2, -0.15) is 0 Å². The van der Waals surface area contributed by atoms with Gasteiger partial charge in [-0.05, 0) is 54.1 Å². The van der Waals surface area contributed by atoms with Gasteiger partial charge in [-0.1, -0.05) is 30.3 Å². The molecule has 1 aromatic heterocycles. The van der Waals surface area contributed by atoms with Gasteiger partial charge in [0.1, 0.15) is 35.6 Å². The fourth-order valence-electron chi connectivity index (χ4n) is 3.08. The lowest BCUT2D eigenvalue weighted by atomic mass is 10.1. The predicted molar refractivity (Wildman–Crippen MR) is 117 cm³/mol. The molecule has 3 aromatic carbocycles. The van der Waals surface area contributed by atoms with Gasteiger partial charge in [0.15, 0.2) is 0 Å². The molecule has 30 heavy (non-hydrogen) atoms. The number of nitrogens with one attached hydrogen (secondary N) is 2. The number of hydrogen-bond donors (Lipinski definition) is 2. The molecule has 0 aliphatic carbocycles. The van der Waals surface area contributed by atoms with Crippen LogP contribution in [0.3, 0.4) is 0 Å². The minimum atomic E-state index is 0.225. The van der Waals surface area contributed by atoms with Crippen LogP contribution in [0.25, 0.3) is 0 Å². The van der Waals surface area contributed by atoms with Crippen LogP contribution >= 0.6 is 0 Å². The summed E-state index contributed by atoms with van der Waals surface area (Å²) in [4.78, 5) is 8.62. The summed E-state index contributed by atoms with van der Waals surface area (Å²) < 4.78 is 11.2. The van der Waals surface area contributed by atoms with E-state index in [1.165, 1.54) is 11.9 Å². The minimum absolute atomic E-state index is 0.225. The Morgan fingerprint density at radius 1 is 0.733 bits per heavy atom. The lowest BCUT2D eigenvalue weighted by molar-refractivity contribution is 0.415. The number of anilines is 4. The van der Waals surface area contributed by atoms with Crippen molar-refractivity contribution in [3.63, 3.8) is 0 Å². The van der Waals surface area contributed by atoms with Crippen LogP contribution in [0.4, 0.5) is 23.0 Å². The summed E-state index contributed by atoms with van der Waals surface area (Å²) in [5.74, 6) is 3.00. The smallest absolute Gasteiger partial charge is 0.135 e. The van der Waals surface area contributed by atoms with Crippen LogP contribution in [0, 0.1) is 0 Å². The molecule has 5 rings (SSSR count). The van der Waals surface area contributed by atoms with E-state index in [-0.39, 0.29) is 6.10 Å². The van der Waals surface area contributed by atoms with Gasteiger partial charge in [0.2, 0.25) is 0 Å². The first kappa shape index (κ1) is 18.1. The molecule has 2 heterocycles. The lowest BCUT2D eigenvalue weighted by Gasteiger charge is -2.10. The molecule has 1 aliphatic rings. The van der Waals surface area contributed by atoms with E-state index in [0.29, 0.717) is 11.6 Å². The number of hydrogen-bond acceptors (Lipinski definition) is 6. The first-order chi connectivity index (χ1) is 14.8. The van der Waals surface area contributed by atoms with Gasteiger partial charge in [-0.25, -0.2) is 9.97 Å². The van der Waals surface area contributed by atoms with E-state index in [0.717, 1.165) is 29.5 Å². The van der Waals surface area contributed by atoms with Crippen molar-refractivity contribution < 1.29 is 9.47 Å². The van der Waals surface area contributed by atoms with Crippen molar-refractivity contribution in [3.05, 3.63) is 96.8 Å². The Labute approximate surface area is 174 Å². The van der Waals surface area contributed by atoms with Crippen molar-refractivity contribution in [2.75, 3.05) is 17.2 Å². The molecule has 0 saturated carbocycles. The molecule has 4 aromatic rings. The van der Waals surface area contributed by atoms with Crippen LogP contribution in [0.1, 0.15) is 11.7 Å². The third-order valence-corrected chi connectivity index (χ3v) is 4.64. The molecular formula is C24H20N4O2. The van der Waals surface area contributed by atoms with E-state index in [1.807, 2.05) is 72.8 Å². The van der Waals surface area contributed by atoms with Crippen molar-refractivity contribution in [1.29, 1.82) is 0 Å². The van der Waals surface area contributed by atoms with Gasteiger partial charge in [-0.15, -0.1) is 0 Å². The van der Waals surface area contributed by atoms with Crippen LogP contribution in [0.15, 0.2) is 91.3 Å². The Bertz CT molecular complexity index is 1130. The number of benzene rings is 3.